The van der Waals surface area contributed by atoms with Crippen molar-refractivity contribution in [1.82, 2.24) is 4.90 Å². The van der Waals surface area contributed by atoms with Gasteiger partial charge in [0.25, 0.3) is 11.8 Å². The van der Waals surface area contributed by atoms with Gasteiger partial charge in [-0.15, -0.1) is 0 Å². The lowest BCUT2D eigenvalue weighted by atomic mass is 9.92. The number of amides is 2. The van der Waals surface area contributed by atoms with Gasteiger partial charge >= 0.3 is 0 Å². The highest BCUT2D eigenvalue weighted by Gasteiger charge is 2.45. The molecule has 1 aliphatic carbocycles. The summed E-state index contributed by atoms with van der Waals surface area (Å²) in [5, 5.41) is 2.32. The number of hydrogen-bond donors (Lipinski definition) is 0. The van der Waals surface area contributed by atoms with Gasteiger partial charge in [-0.25, -0.2) is 0 Å². The van der Waals surface area contributed by atoms with Crippen LogP contribution in [-0.4, -0.2) is 40.9 Å². The van der Waals surface area contributed by atoms with Gasteiger partial charge < -0.3 is 4.74 Å². The molecule has 1 fully saturated rings. The molecule has 5 rings (SSSR count). The number of benzene rings is 3. The van der Waals surface area contributed by atoms with E-state index in [4.69, 9.17) is 4.74 Å². The van der Waals surface area contributed by atoms with Crippen LogP contribution in [0.1, 0.15) is 45.5 Å². The molecule has 0 aromatic heterocycles. The number of carbonyl (C=O) groups excluding carboxylic acids is 4. The molecular weight excluding hydrogens is 406 g/mol. The van der Waals surface area contributed by atoms with Gasteiger partial charge in [0, 0.05) is 12.8 Å². The van der Waals surface area contributed by atoms with E-state index in [1.54, 1.807) is 18.2 Å². The summed E-state index contributed by atoms with van der Waals surface area (Å²) in [7, 11) is 0. The molecule has 1 saturated carbocycles. The van der Waals surface area contributed by atoms with Gasteiger partial charge in [-0.2, -0.15) is 0 Å². The maximum atomic E-state index is 13.1. The zero-order chi connectivity index (χ0) is 22.2. The number of imide groups is 1. The number of nitrogens with zero attached hydrogens (tertiary/aromatic N) is 1. The maximum absolute atomic E-state index is 13.1. The number of rotatable bonds is 5. The smallest absolute Gasteiger partial charge is 0.266 e. The van der Waals surface area contributed by atoms with Crippen LogP contribution in [0.15, 0.2) is 60.7 Å². The van der Waals surface area contributed by atoms with Crippen LogP contribution in [0.25, 0.3) is 10.8 Å². The summed E-state index contributed by atoms with van der Waals surface area (Å²) >= 11 is 0. The van der Waals surface area contributed by atoms with Crippen molar-refractivity contribution in [2.45, 2.75) is 31.7 Å². The molecule has 6 nitrogen and oxygen atoms in total. The molecule has 0 radical (unpaired) electrons. The van der Waals surface area contributed by atoms with Crippen molar-refractivity contribution in [3.05, 3.63) is 77.4 Å². The molecule has 0 bridgehead atoms. The minimum Gasteiger partial charge on any atom is -0.492 e. The lowest BCUT2D eigenvalue weighted by Crippen LogP contribution is -2.47. The third-order valence-electron chi connectivity index (χ3n) is 6.12. The molecule has 2 amide bonds. The average Bonchev–Trinajstić information content (AvgIpc) is 3.05. The first-order chi connectivity index (χ1) is 15.5. The van der Waals surface area contributed by atoms with Crippen LogP contribution in [0.4, 0.5) is 0 Å². The molecule has 0 saturated heterocycles. The van der Waals surface area contributed by atoms with Crippen molar-refractivity contribution in [3.63, 3.8) is 0 Å². The highest BCUT2D eigenvalue weighted by Crippen LogP contribution is 2.34. The molecule has 3 aromatic carbocycles. The van der Waals surface area contributed by atoms with Crippen LogP contribution >= 0.6 is 0 Å². The number of carbonyl (C=O) groups is 4. The Morgan fingerprint density at radius 3 is 2.50 bits per heavy atom. The molecule has 160 valence electrons. The van der Waals surface area contributed by atoms with E-state index in [2.05, 4.69) is 24.3 Å². The van der Waals surface area contributed by atoms with E-state index in [-0.39, 0.29) is 42.0 Å². The van der Waals surface area contributed by atoms with Crippen LogP contribution in [-0.2, 0) is 16.0 Å². The van der Waals surface area contributed by atoms with E-state index in [9.17, 15) is 19.2 Å². The number of ether oxygens (including phenoxy) is 1. The Bertz CT molecular complexity index is 1280. The fraction of sp³-hybridized carbons (Fsp3) is 0.231. The summed E-state index contributed by atoms with van der Waals surface area (Å²) in [4.78, 5) is 50.9. The van der Waals surface area contributed by atoms with Gasteiger partial charge in [0.15, 0.2) is 5.78 Å². The third kappa shape index (κ3) is 3.47. The van der Waals surface area contributed by atoms with Crippen LogP contribution in [0, 0.1) is 0 Å². The molecule has 0 spiro atoms. The summed E-state index contributed by atoms with van der Waals surface area (Å²) in [6.45, 7) is 0.340. The molecule has 3 aromatic rings. The first-order valence-corrected chi connectivity index (χ1v) is 10.7. The van der Waals surface area contributed by atoms with Crippen molar-refractivity contribution < 1.29 is 23.9 Å². The molecule has 0 N–H and O–H groups in total. The Morgan fingerprint density at radius 2 is 1.69 bits per heavy atom. The van der Waals surface area contributed by atoms with Crippen molar-refractivity contribution >= 4 is 34.2 Å². The average molecular weight is 427 g/mol. The Kier molecular flexibility index (Phi) is 5.05. The minimum atomic E-state index is -0.884. The Hall–Kier alpha value is -3.80. The van der Waals surface area contributed by atoms with Gasteiger partial charge in [-0.3, -0.25) is 24.1 Å². The summed E-state index contributed by atoms with van der Waals surface area (Å²) < 4.78 is 5.92. The van der Waals surface area contributed by atoms with Crippen LogP contribution < -0.4 is 4.74 Å². The second-order valence-electron chi connectivity index (χ2n) is 8.18. The summed E-state index contributed by atoms with van der Waals surface area (Å²) in [6.07, 6.45) is 0.789. The fourth-order valence-electron chi connectivity index (χ4n) is 4.48. The second kappa shape index (κ2) is 8.04. The monoisotopic (exact) mass is 427 g/mol. The Morgan fingerprint density at radius 1 is 0.875 bits per heavy atom. The van der Waals surface area contributed by atoms with Crippen LogP contribution in [0.5, 0.6) is 5.75 Å². The normalized spacial score (nSPS) is 18.4. The van der Waals surface area contributed by atoms with Crippen LogP contribution in [0.3, 0.4) is 0 Å². The summed E-state index contributed by atoms with van der Waals surface area (Å²) in [5.41, 5.74) is 1.54. The van der Waals surface area contributed by atoms with E-state index in [1.165, 1.54) is 5.39 Å². The summed E-state index contributed by atoms with van der Waals surface area (Å²) in [5.74, 6) is -1.23. The zero-order valence-corrected chi connectivity index (χ0v) is 17.4. The molecule has 6 heteroatoms. The van der Waals surface area contributed by atoms with Crippen molar-refractivity contribution in [3.8, 4) is 5.75 Å². The molecule has 2 aliphatic rings. The second-order valence-corrected chi connectivity index (χ2v) is 8.18. The molecule has 1 atom stereocenters. The number of ketones is 2. The van der Waals surface area contributed by atoms with E-state index >= 15 is 0 Å². The predicted octanol–water partition coefficient (Wildman–Crippen LogP) is 3.75. The van der Waals surface area contributed by atoms with Gasteiger partial charge in [0.2, 0.25) is 0 Å². The van der Waals surface area contributed by atoms with E-state index < -0.39 is 17.9 Å². The molecule has 1 unspecified atom stereocenters. The van der Waals surface area contributed by atoms with E-state index in [1.807, 2.05) is 18.2 Å². The third-order valence-corrected chi connectivity index (χ3v) is 6.12. The fourth-order valence-corrected chi connectivity index (χ4v) is 4.48. The predicted molar refractivity (Wildman–Crippen MR) is 118 cm³/mol. The maximum Gasteiger partial charge on any atom is 0.266 e. The quantitative estimate of drug-likeness (QED) is 0.458. The Balaban J connectivity index is 1.33. The zero-order valence-electron chi connectivity index (χ0n) is 17.4. The van der Waals surface area contributed by atoms with Gasteiger partial charge in [-0.1, -0.05) is 48.5 Å². The van der Waals surface area contributed by atoms with Crippen molar-refractivity contribution in [1.29, 1.82) is 0 Å². The first-order valence-electron chi connectivity index (χ1n) is 10.7. The standard InChI is InChI=1S/C26H21NO5/c28-19-10-11-21(22(29)15-19)27-25(30)20-6-3-7-23(24(20)26(27)31)32-13-12-16-8-9-17-4-1-2-5-18(17)14-16/h1-9,14,21H,10-13,15H2. The van der Waals surface area contributed by atoms with Gasteiger partial charge in [0.05, 0.1) is 30.2 Å². The van der Waals surface area contributed by atoms with Gasteiger partial charge in [-0.05, 0) is 34.9 Å². The Labute approximate surface area is 184 Å². The SMILES string of the molecule is O=C1CCC(N2C(=O)c3cccc(OCCc4ccc5ccccc5c4)c3C2=O)C(=O)C1. The number of fused-ring (bicyclic) bond motifs is 2. The molecule has 1 aliphatic heterocycles. The largest absolute Gasteiger partial charge is 0.492 e. The number of Topliss-reactive ketones (excluding diaryl/α,β-unsaturated/α-hetero) is 2. The molecule has 1 heterocycles. The van der Waals surface area contributed by atoms with Crippen molar-refractivity contribution in [2.24, 2.45) is 0 Å². The molecule has 32 heavy (non-hydrogen) atoms. The van der Waals surface area contributed by atoms with E-state index in [0.717, 1.165) is 15.8 Å². The van der Waals surface area contributed by atoms with Crippen LogP contribution in [0.2, 0.25) is 0 Å². The topological polar surface area (TPSA) is 80.8 Å². The first kappa shape index (κ1) is 20.1. The van der Waals surface area contributed by atoms with E-state index in [0.29, 0.717) is 18.8 Å². The minimum absolute atomic E-state index is 0.152. The van der Waals surface area contributed by atoms with Crippen molar-refractivity contribution in [2.75, 3.05) is 6.61 Å². The number of hydrogen-bond acceptors (Lipinski definition) is 5. The summed E-state index contributed by atoms with van der Waals surface area (Å²) in [6, 6.07) is 18.4. The highest BCUT2D eigenvalue weighted by molar-refractivity contribution is 6.24. The van der Waals surface area contributed by atoms with Gasteiger partial charge in [0.1, 0.15) is 11.5 Å². The lowest BCUT2D eigenvalue weighted by Gasteiger charge is -2.27. The highest BCUT2D eigenvalue weighted by atomic mass is 16.5. The molecular formula is C26H21NO5. The lowest BCUT2D eigenvalue weighted by molar-refractivity contribution is -0.132.